The molecular formula is C27H32N4O4. The number of hydrogen-bond acceptors (Lipinski definition) is 6. The topological polar surface area (TPSA) is 83.1 Å². The lowest BCUT2D eigenvalue weighted by molar-refractivity contribution is -0.135. The third kappa shape index (κ3) is 4.48. The molecule has 8 heteroatoms. The van der Waals surface area contributed by atoms with Crippen molar-refractivity contribution >= 4 is 11.8 Å². The first-order valence-corrected chi connectivity index (χ1v) is 12.7. The zero-order valence-corrected chi connectivity index (χ0v) is 19.8. The summed E-state index contributed by atoms with van der Waals surface area (Å²) < 4.78 is 10.8. The van der Waals surface area contributed by atoms with E-state index in [4.69, 9.17) is 9.47 Å². The van der Waals surface area contributed by atoms with Crippen LogP contribution >= 0.6 is 0 Å². The number of carbonyl (C=O) groups excluding carboxylic acids is 2. The second kappa shape index (κ2) is 9.51. The predicted octanol–water partition coefficient (Wildman–Crippen LogP) is 2.20. The maximum Gasteiger partial charge on any atom is 0.254 e. The van der Waals surface area contributed by atoms with Crippen molar-refractivity contribution in [2.75, 3.05) is 33.0 Å². The highest BCUT2D eigenvalue weighted by atomic mass is 16.7. The van der Waals surface area contributed by atoms with Gasteiger partial charge in [0.1, 0.15) is 6.04 Å². The van der Waals surface area contributed by atoms with Gasteiger partial charge in [0.05, 0.1) is 0 Å². The summed E-state index contributed by atoms with van der Waals surface area (Å²) in [7, 11) is 0. The fraction of sp³-hybridized carbons (Fsp3) is 0.481. The molecule has 3 unspecified atom stereocenters. The molecular weight excluding hydrogens is 444 g/mol. The normalized spacial score (nSPS) is 26.0. The largest absolute Gasteiger partial charge is 0.454 e. The molecule has 4 aliphatic heterocycles. The number of carbonyl (C=O) groups is 2. The second-order valence-corrected chi connectivity index (χ2v) is 10.1. The van der Waals surface area contributed by atoms with Crippen LogP contribution in [0.25, 0.3) is 0 Å². The molecule has 0 spiro atoms. The van der Waals surface area contributed by atoms with Crippen LogP contribution in [-0.4, -0.2) is 66.7 Å². The fourth-order valence-electron chi connectivity index (χ4n) is 5.95. The minimum absolute atomic E-state index is 0.0263. The molecule has 35 heavy (non-hydrogen) atoms. The van der Waals surface area contributed by atoms with E-state index in [1.54, 1.807) is 18.2 Å². The monoisotopic (exact) mass is 476 g/mol. The minimum Gasteiger partial charge on any atom is -0.454 e. The van der Waals surface area contributed by atoms with E-state index < -0.39 is 0 Å². The molecule has 0 aromatic heterocycles. The van der Waals surface area contributed by atoms with Gasteiger partial charge < -0.3 is 19.3 Å². The summed E-state index contributed by atoms with van der Waals surface area (Å²) in [4.78, 5) is 30.6. The fourth-order valence-corrected chi connectivity index (χ4v) is 5.95. The molecule has 3 saturated heterocycles. The highest BCUT2D eigenvalue weighted by Gasteiger charge is 2.45. The van der Waals surface area contributed by atoms with Crippen LogP contribution in [0.1, 0.15) is 35.2 Å². The summed E-state index contributed by atoms with van der Waals surface area (Å²) in [5.41, 5.74) is 8.56. The highest BCUT2D eigenvalue weighted by molar-refractivity contribution is 5.95. The molecule has 2 amide bonds. The van der Waals surface area contributed by atoms with Crippen molar-refractivity contribution in [3.63, 3.8) is 0 Å². The Balaban J connectivity index is 1.07. The molecule has 2 N–H and O–H groups in total. The van der Waals surface area contributed by atoms with Gasteiger partial charge in [0, 0.05) is 43.7 Å². The van der Waals surface area contributed by atoms with E-state index in [1.807, 2.05) is 9.80 Å². The lowest BCUT2D eigenvalue weighted by Crippen LogP contribution is -2.53. The molecule has 2 aromatic carbocycles. The van der Waals surface area contributed by atoms with E-state index in [0.29, 0.717) is 36.1 Å². The van der Waals surface area contributed by atoms with Gasteiger partial charge in [0.15, 0.2) is 11.5 Å². The summed E-state index contributed by atoms with van der Waals surface area (Å²) in [6.07, 6.45) is 3.96. The van der Waals surface area contributed by atoms with Gasteiger partial charge in [-0.05, 0) is 55.4 Å². The van der Waals surface area contributed by atoms with Crippen molar-refractivity contribution in [2.24, 2.45) is 11.8 Å². The Morgan fingerprint density at radius 2 is 1.66 bits per heavy atom. The van der Waals surface area contributed by atoms with Gasteiger partial charge in [-0.3, -0.25) is 15.0 Å². The Labute approximate surface area is 205 Å². The first-order chi connectivity index (χ1) is 17.2. The van der Waals surface area contributed by atoms with E-state index >= 15 is 0 Å². The van der Waals surface area contributed by atoms with Crippen LogP contribution < -0.4 is 20.3 Å². The van der Waals surface area contributed by atoms with Gasteiger partial charge in [-0.1, -0.05) is 30.3 Å². The molecule has 8 nitrogen and oxygen atoms in total. The van der Waals surface area contributed by atoms with Crippen LogP contribution in [0.5, 0.6) is 11.5 Å². The number of fused-ring (bicyclic) bond motifs is 2. The number of rotatable bonds is 4. The zero-order chi connectivity index (χ0) is 23.8. The molecule has 0 radical (unpaired) electrons. The summed E-state index contributed by atoms with van der Waals surface area (Å²) >= 11 is 0. The number of hydrogen-bond donors (Lipinski definition) is 2. The smallest absolute Gasteiger partial charge is 0.254 e. The molecule has 4 aliphatic rings. The van der Waals surface area contributed by atoms with Crippen LogP contribution in [0, 0.1) is 11.8 Å². The van der Waals surface area contributed by atoms with Crippen molar-refractivity contribution in [3.8, 4) is 11.5 Å². The van der Waals surface area contributed by atoms with Crippen LogP contribution in [0.2, 0.25) is 0 Å². The number of nitrogens with one attached hydrogen (secondary N) is 2. The first-order valence-electron chi connectivity index (χ1n) is 12.7. The van der Waals surface area contributed by atoms with E-state index in [1.165, 1.54) is 5.56 Å². The molecule has 0 aliphatic carbocycles. The van der Waals surface area contributed by atoms with E-state index in [9.17, 15) is 9.59 Å². The lowest BCUT2D eigenvalue weighted by atomic mass is 9.86. The van der Waals surface area contributed by atoms with E-state index in [-0.39, 0.29) is 36.6 Å². The zero-order valence-electron chi connectivity index (χ0n) is 19.8. The highest BCUT2D eigenvalue weighted by Crippen LogP contribution is 2.34. The third-order valence-electron chi connectivity index (χ3n) is 7.98. The molecule has 6 rings (SSSR count). The molecule has 3 fully saturated rings. The van der Waals surface area contributed by atoms with Crippen molar-refractivity contribution < 1.29 is 19.1 Å². The SMILES string of the molecule is O=C(c1ccc2c(c1)OCO2)N1CCC2NNC(C(=O)N3CCC(Cc4ccccc4)CC3)C2C1. The molecule has 0 bridgehead atoms. The molecule has 0 saturated carbocycles. The van der Waals surface area contributed by atoms with Crippen LogP contribution in [0.3, 0.4) is 0 Å². The molecule has 2 aromatic rings. The van der Waals surface area contributed by atoms with Crippen LogP contribution in [-0.2, 0) is 11.2 Å². The van der Waals surface area contributed by atoms with Crippen molar-refractivity contribution in [2.45, 2.75) is 37.8 Å². The minimum atomic E-state index is -0.307. The molecule has 184 valence electrons. The van der Waals surface area contributed by atoms with Crippen LogP contribution in [0.15, 0.2) is 48.5 Å². The second-order valence-electron chi connectivity index (χ2n) is 10.1. The van der Waals surface area contributed by atoms with Gasteiger partial charge in [-0.15, -0.1) is 0 Å². The van der Waals surface area contributed by atoms with Crippen molar-refractivity contribution in [1.29, 1.82) is 0 Å². The quantitative estimate of drug-likeness (QED) is 0.704. The molecule has 3 atom stereocenters. The summed E-state index contributed by atoms with van der Waals surface area (Å²) in [5, 5.41) is 0. The van der Waals surface area contributed by atoms with Gasteiger partial charge >= 0.3 is 0 Å². The number of hydrazine groups is 1. The number of piperidine rings is 2. The Bertz CT molecular complexity index is 1090. The number of ether oxygens (including phenoxy) is 2. The summed E-state index contributed by atoms with van der Waals surface area (Å²) in [6.45, 7) is 3.00. The van der Waals surface area contributed by atoms with Crippen molar-refractivity contribution in [1.82, 2.24) is 20.7 Å². The maximum atomic E-state index is 13.5. The van der Waals surface area contributed by atoms with E-state index in [2.05, 4.69) is 41.2 Å². The van der Waals surface area contributed by atoms with Crippen molar-refractivity contribution in [3.05, 3.63) is 59.7 Å². The Kier molecular flexibility index (Phi) is 6.08. The summed E-state index contributed by atoms with van der Waals surface area (Å²) in [6, 6.07) is 15.8. The van der Waals surface area contributed by atoms with Gasteiger partial charge in [-0.25, -0.2) is 5.43 Å². The predicted molar refractivity (Wildman–Crippen MR) is 130 cm³/mol. The average molecular weight is 477 g/mol. The lowest BCUT2D eigenvalue weighted by Gasteiger charge is -2.38. The third-order valence-corrected chi connectivity index (χ3v) is 7.98. The first kappa shape index (κ1) is 22.4. The standard InChI is InChI=1S/C27H32N4O4/c32-26(20-6-7-23-24(15-20)35-17-34-23)31-13-10-22-21(16-31)25(29-28-22)27(33)30-11-8-19(9-12-30)14-18-4-2-1-3-5-18/h1-7,15,19,21-22,25,28-29H,8-14,16-17H2. The average Bonchev–Trinajstić information content (AvgIpc) is 3.55. The Morgan fingerprint density at radius 1 is 0.886 bits per heavy atom. The number of nitrogens with zero attached hydrogens (tertiary/aromatic N) is 2. The van der Waals surface area contributed by atoms with E-state index in [0.717, 1.165) is 38.8 Å². The van der Waals surface area contributed by atoms with Gasteiger partial charge in [0.2, 0.25) is 12.7 Å². The number of likely N-dealkylation sites (tertiary alicyclic amines) is 2. The Hall–Kier alpha value is -3.10. The van der Waals surface area contributed by atoms with Gasteiger partial charge in [0.25, 0.3) is 5.91 Å². The molecule has 4 heterocycles. The van der Waals surface area contributed by atoms with Gasteiger partial charge in [-0.2, -0.15) is 0 Å². The Morgan fingerprint density at radius 3 is 2.49 bits per heavy atom. The summed E-state index contributed by atoms with van der Waals surface area (Å²) in [5.74, 6) is 2.08. The maximum absolute atomic E-state index is 13.5. The number of benzene rings is 2. The van der Waals surface area contributed by atoms with Crippen LogP contribution in [0.4, 0.5) is 0 Å². The number of amides is 2.